The molecule has 0 radical (unpaired) electrons. The predicted octanol–water partition coefficient (Wildman–Crippen LogP) is 3.63. The van der Waals surface area contributed by atoms with Crippen LogP contribution >= 0.6 is 0 Å². The van der Waals surface area contributed by atoms with E-state index in [1.165, 1.54) is 18.2 Å². The molecule has 1 amide bonds. The van der Waals surface area contributed by atoms with Crippen molar-refractivity contribution in [2.24, 2.45) is 0 Å². The lowest BCUT2D eigenvalue weighted by Gasteiger charge is -2.13. The van der Waals surface area contributed by atoms with Gasteiger partial charge in [0, 0.05) is 11.4 Å². The number of benzene rings is 3. The molecule has 0 aliphatic heterocycles. The van der Waals surface area contributed by atoms with E-state index >= 15 is 0 Å². The molecule has 3 aromatic carbocycles. The molecule has 6 nitrogen and oxygen atoms in total. The topological polar surface area (TPSA) is 101 Å². The van der Waals surface area contributed by atoms with E-state index in [9.17, 15) is 13.2 Å². The first kappa shape index (κ1) is 18.5. The van der Waals surface area contributed by atoms with Gasteiger partial charge >= 0.3 is 0 Å². The van der Waals surface area contributed by atoms with Crippen molar-refractivity contribution in [1.82, 2.24) is 0 Å². The number of aryl methyl sites for hydroxylation is 1. The summed E-state index contributed by atoms with van der Waals surface area (Å²) < 4.78 is 27.7. The lowest BCUT2D eigenvalue weighted by atomic mass is 10.1. The Kier molecular flexibility index (Phi) is 5.14. The van der Waals surface area contributed by atoms with Crippen LogP contribution in [0.3, 0.4) is 0 Å². The lowest BCUT2D eigenvalue weighted by molar-refractivity contribution is 0.102. The van der Waals surface area contributed by atoms with Crippen molar-refractivity contribution in [1.29, 1.82) is 0 Å². The molecule has 0 saturated heterocycles. The number of amides is 1. The summed E-state index contributed by atoms with van der Waals surface area (Å²) in [4.78, 5) is 12.7. The third kappa shape index (κ3) is 4.45. The summed E-state index contributed by atoms with van der Waals surface area (Å²) in [5.41, 5.74) is 8.10. The third-order valence-electron chi connectivity index (χ3n) is 3.89. The normalized spacial score (nSPS) is 11.0. The monoisotopic (exact) mass is 381 g/mol. The van der Waals surface area contributed by atoms with Gasteiger partial charge in [0.15, 0.2) is 0 Å². The first-order valence-corrected chi connectivity index (χ1v) is 9.69. The zero-order valence-corrected chi connectivity index (χ0v) is 15.5. The fourth-order valence-corrected chi connectivity index (χ4v) is 3.63. The van der Waals surface area contributed by atoms with Gasteiger partial charge in [-0.25, -0.2) is 8.42 Å². The SMILES string of the molecule is Cc1ccc(NC(=O)c2ccccc2NS(=O)(=O)c2cccc(N)c2)cc1. The number of nitrogen functional groups attached to an aromatic ring is 1. The van der Waals surface area contributed by atoms with Gasteiger partial charge in [-0.1, -0.05) is 35.9 Å². The minimum absolute atomic E-state index is 0.0243. The maximum atomic E-state index is 12.6. The molecule has 7 heteroatoms. The molecule has 3 rings (SSSR count). The molecule has 4 N–H and O–H groups in total. The van der Waals surface area contributed by atoms with Gasteiger partial charge in [0.1, 0.15) is 0 Å². The second-order valence-electron chi connectivity index (χ2n) is 6.04. The van der Waals surface area contributed by atoms with Gasteiger partial charge in [-0.05, 0) is 49.4 Å². The standard InChI is InChI=1S/C20H19N3O3S/c1-14-9-11-16(12-10-14)22-20(24)18-7-2-3-8-19(18)23-27(25,26)17-6-4-5-15(21)13-17/h2-13,23H,21H2,1H3,(H,22,24). The van der Waals surface area contributed by atoms with Crippen LogP contribution in [-0.2, 0) is 10.0 Å². The molecule has 0 atom stereocenters. The highest BCUT2D eigenvalue weighted by molar-refractivity contribution is 7.92. The van der Waals surface area contributed by atoms with E-state index in [1.54, 1.807) is 42.5 Å². The van der Waals surface area contributed by atoms with Crippen molar-refractivity contribution >= 4 is 33.0 Å². The zero-order valence-electron chi connectivity index (χ0n) is 14.6. The van der Waals surface area contributed by atoms with E-state index in [1.807, 2.05) is 19.1 Å². The number of rotatable bonds is 5. The van der Waals surface area contributed by atoms with Crippen molar-refractivity contribution in [2.75, 3.05) is 15.8 Å². The Morgan fingerprint density at radius 1 is 0.926 bits per heavy atom. The molecule has 0 aliphatic carbocycles. The predicted molar refractivity (Wildman–Crippen MR) is 107 cm³/mol. The third-order valence-corrected chi connectivity index (χ3v) is 5.26. The molecule has 0 aliphatic rings. The van der Waals surface area contributed by atoms with Crippen LogP contribution < -0.4 is 15.8 Å². The lowest BCUT2D eigenvalue weighted by Crippen LogP contribution is -2.18. The van der Waals surface area contributed by atoms with E-state index < -0.39 is 15.9 Å². The quantitative estimate of drug-likeness (QED) is 0.587. The molecule has 27 heavy (non-hydrogen) atoms. The van der Waals surface area contributed by atoms with Crippen LogP contribution in [-0.4, -0.2) is 14.3 Å². The van der Waals surface area contributed by atoms with E-state index in [-0.39, 0.29) is 16.1 Å². The van der Waals surface area contributed by atoms with Crippen molar-refractivity contribution in [2.45, 2.75) is 11.8 Å². The van der Waals surface area contributed by atoms with Crippen LogP contribution in [0.15, 0.2) is 77.7 Å². The summed E-state index contributed by atoms with van der Waals surface area (Å²) in [7, 11) is -3.88. The number of anilines is 3. The van der Waals surface area contributed by atoms with Crippen LogP contribution in [0.25, 0.3) is 0 Å². The van der Waals surface area contributed by atoms with Gasteiger partial charge in [0.25, 0.3) is 15.9 Å². The Balaban J connectivity index is 1.87. The second kappa shape index (κ2) is 7.51. The highest BCUT2D eigenvalue weighted by Crippen LogP contribution is 2.22. The highest BCUT2D eigenvalue weighted by atomic mass is 32.2. The van der Waals surface area contributed by atoms with Crippen LogP contribution in [0.5, 0.6) is 0 Å². The fourth-order valence-electron chi connectivity index (χ4n) is 2.49. The molecule has 0 bridgehead atoms. The Morgan fingerprint density at radius 2 is 1.63 bits per heavy atom. The molecule has 0 spiro atoms. The van der Waals surface area contributed by atoms with Crippen molar-refractivity contribution in [3.63, 3.8) is 0 Å². The van der Waals surface area contributed by atoms with Crippen molar-refractivity contribution in [3.05, 3.63) is 83.9 Å². The molecule has 138 valence electrons. The number of nitrogens with one attached hydrogen (secondary N) is 2. The summed E-state index contributed by atoms with van der Waals surface area (Å²) >= 11 is 0. The van der Waals surface area contributed by atoms with Gasteiger partial charge in [0.05, 0.1) is 16.1 Å². The number of carbonyl (C=O) groups is 1. The molecule has 0 saturated carbocycles. The van der Waals surface area contributed by atoms with E-state index in [2.05, 4.69) is 10.0 Å². The zero-order chi connectivity index (χ0) is 19.4. The second-order valence-corrected chi connectivity index (χ2v) is 7.73. The summed E-state index contributed by atoms with van der Waals surface area (Å²) in [6.07, 6.45) is 0. The Morgan fingerprint density at radius 3 is 2.33 bits per heavy atom. The number of para-hydroxylation sites is 1. The minimum Gasteiger partial charge on any atom is -0.399 e. The van der Waals surface area contributed by atoms with E-state index in [0.29, 0.717) is 11.4 Å². The number of hydrogen-bond acceptors (Lipinski definition) is 4. The van der Waals surface area contributed by atoms with Crippen molar-refractivity contribution < 1.29 is 13.2 Å². The highest BCUT2D eigenvalue weighted by Gasteiger charge is 2.19. The van der Waals surface area contributed by atoms with Crippen LogP contribution in [0.4, 0.5) is 17.1 Å². The average Bonchev–Trinajstić information content (AvgIpc) is 2.64. The van der Waals surface area contributed by atoms with Crippen LogP contribution in [0.1, 0.15) is 15.9 Å². The number of hydrogen-bond donors (Lipinski definition) is 3. The maximum absolute atomic E-state index is 12.6. The summed E-state index contributed by atoms with van der Waals surface area (Å²) in [5, 5.41) is 2.77. The van der Waals surface area contributed by atoms with Gasteiger partial charge in [-0.3, -0.25) is 9.52 Å². The molecule has 0 unspecified atom stereocenters. The number of sulfonamides is 1. The Bertz CT molecular complexity index is 1080. The summed E-state index contributed by atoms with van der Waals surface area (Å²) in [6, 6.07) is 19.7. The molecule has 0 heterocycles. The maximum Gasteiger partial charge on any atom is 0.261 e. The van der Waals surface area contributed by atoms with Crippen LogP contribution in [0.2, 0.25) is 0 Å². The van der Waals surface area contributed by atoms with Crippen molar-refractivity contribution in [3.8, 4) is 0 Å². The fraction of sp³-hybridized carbons (Fsp3) is 0.0500. The summed E-state index contributed by atoms with van der Waals surface area (Å²) in [6.45, 7) is 1.95. The Labute approximate surface area is 158 Å². The molecule has 0 fully saturated rings. The largest absolute Gasteiger partial charge is 0.399 e. The number of nitrogens with two attached hydrogens (primary N) is 1. The van der Waals surface area contributed by atoms with Crippen LogP contribution in [0, 0.1) is 6.92 Å². The smallest absolute Gasteiger partial charge is 0.261 e. The van der Waals surface area contributed by atoms with Gasteiger partial charge in [-0.15, -0.1) is 0 Å². The summed E-state index contributed by atoms with van der Waals surface area (Å²) in [5.74, 6) is -0.412. The Hall–Kier alpha value is -3.32. The molecule has 0 aromatic heterocycles. The minimum atomic E-state index is -3.88. The van der Waals surface area contributed by atoms with Gasteiger partial charge in [-0.2, -0.15) is 0 Å². The first-order chi connectivity index (χ1) is 12.8. The van der Waals surface area contributed by atoms with E-state index in [4.69, 9.17) is 5.73 Å². The number of carbonyl (C=O) groups excluding carboxylic acids is 1. The molecular weight excluding hydrogens is 362 g/mol. The average molecular weight is 381 g/mol. The molecular formula is C20H19N3O3S. The molecule has 3 aromatic rings. The first-order valence-electron chi connectivity index (χ1n) is 8.20. The van der Waals surface area contributed by atoms with Gasteiger partial charge in [0.2, 0.25) is 0 Å². The van der Waals surface area contributed by atoms with E-state index in [0.717, 1.165) is 5.56 Å². The van der Waals surface area contributed by atoms with Gasteiger partial charge < -0.3 is 11.1 Å².